The first-order chi connectivity index (χ1) is 7.81. The molecule has 0 aliphatic carbocycles. The second-order valence-electron chi connectivity index (χ2n) is 3.14. The van der Waals surface area contributed by atoms with Gasteiger partial charge in [0.1, 0.15) is 0 Å². The van der Waals surface area contributed by atoms with Gasteiger partial charge >= 0.3 is 0 Å². The van der Waals surface area contributed by atoms with Crippen LogP contribution in [0.4, 0.5) is 0 Å². The minimum absolute atomic E-state index is 0.522. The molecular formula is C13H8NOS. The Morgan fingerprint density at radius 2 is 1.88 bits per heavy atom. The van der Waals surface area contributed by atoms with Crippen LogP contribution in [0, 0.1) is 17.4 Å². The largest absolute Gasteiger partial charge is 0.606 e. The van der Waals surface area contributed by atoms with Gasteiger partial charge in [0, 0.05) is 17.2 Å². The van der Waals surface area contributed by atoms with Crippen molar-refractivity contribution in [3.63, 3.8) is 0 Å². The van der Waals surface area contributed by atoms with Gasteiger partial charge in [-0.25, -0.2) is 0 Å². The summed E-state index contributed by atoms with van der Waals surface area (Å²) >= 11 is -1.22. The summed E-state index contributed by atoms with van der Waals surface area (Å²) in [5, 5.41) is 8.64. The Balaban J connectivity index is 2.28. The number of benzene rings is 2. The van der Waals surface area contributed by atoms with E-state index in [-0.39, 0.29) is 0 Å². The number of hydrogen-bond donors (Lipinski definition) is 0. The molecule has 2 rings (SSSR count). The maximum atomic E-state index is 12.0. The van der Waals surface area contributed by atoms with Gasteiger partial charge in [0.2, 0.25) is 0 Å². The molecular weight excluding hydrogens is 218 g/mol. The van der Waals surface area contributed by atoms with E-state index in [0.29, 0.717) is 10.5 Å². The first-order valence-electron chi connectivity index (χ1n) is 4.70. The van der Waals surface area contributed by atoms with E-state index in [0.717, 1.165) is 4.90 Å². The summed E-state index contributed by atoms with van der Waals surface area (Å²) < 4.78 is 12.0. The zero-order valence-electron chi connectivity index (χ0n) is 8.38. The van der Waals surface area contributed by atoms with Crippen LogP contribution in [0.5, 0.6) is 0 Å². The predicted molar refractivity (Wildman–Crippen MR) is 61.1 cm³/mol. The predicted octanol–water partition coefficient (Wildman–Crippen LogP) is 2.53. The Labute approximate surface area is 97.3 Å². The third-order valence-corrected chi connectivity index (χ3v) is 3.42. The van der Waals surface area contributed by atoms with E-state index in [1.54, 1.807) is 18.2 Å². The van der Waals surface area contributed by atoms with E-state index < -0.39 is 11.2 Å². The topological polar surface area (TPSA) is 46.8 Å². The van der Waals surface area contributed by atoms with Crippen molar-refractivity contribution in [3.05, 3.63) is 60.2 Å². The number of rotatable bonds is 2. The second-order valence-corrected chi connectivity index (χ2v) is 4.58. The summed E-state index contributed by atoms with van der Waals surface area (Å²) in [4.78, 5) is 1.33. The molecule has 0 bridgehead atoms. The lowest BCUT2D eigenvalue weighted by atomic mass is 10.2. The molecule has 0 fully saturated rings. The van der Waals surface area contributed by atoms with Crippen LogP contribution in [0.2, 0.25) is 0 Å². The molecule has 16 heavy (non-hydrogen) atoms. The van der Waals surface area contributed by atoms with Gasteiger partial charge in [0.15, 0.2) is 9.79 Å². The molecule has 0 amide bonds. The summed E-state index contributed by atoms with van der Waals surface area (Å²) in [6.45, 7) is 0. The highest BCUT2D eigenvalue weighted by Crippen LogP contribution is 2.19. The van der Waals surface area contributed by atoms with Crippen molar-refractivity contribution in [1.82, 2.24) is 0 Å². The van der Waals surface area contributed by atoms with Crippen LogP contribution in [0.15, 0.2) is 58.3 Å². The van der Waals surface area contributed by atoms with Crippen molar-refractivity contribution < 1.29 is 4.55 Å². The van der Waals surface area contributed by atoms with Gasteiger partial charge in [-0.05, 0) is 30.3 Å². The smallest absolute Gasteiger partial charge is 0.166 e. The lowest BCUT2D eigenvalue weighted by molar-refractivity contribution is 0.595. The van der Waals surface area contributed by atoms with Crippen LogP contribution in [0.3, 0.4) is 0 Å². The van der Waals surface area contributed by atoms with Crippen LogP contribution >= 0.6 is 0 Å². The fourth-order valence-corrected chi connectivity index (χ4v) is 2.28. The van der Waals surface area contributed by atoms with Crippen molar-refractivity contribution in [1.29, 1.82) is 5.26 Å². The Bertz CT molecular complexity index is 502. The highest BCUT2D eigenvalue weighted by Gasteiger charge is 2.13. The fraction of sp³-hybridized carbons (Fsp3) is 0. The molecule has 0 aromatic heterocycles. The molecule has 0 saturated carbocycles. The normalized spacial score (nSPS) is 11.8. The molecule has 2 aromatic carbocycles. The van der Waals surface area contributed by atoms with Crippen LogP contribution in [-0.2, 0) is 11.2 Å². The maximum absolute atomic E-state index is 12.0. The molecule has 0 saturated heterocycles. The summed E-state index contributed by atoms with van der Waals surface area (Å²) in [5.74, 6) is 0. The van der Waals surface area contributed by atoms with Gasteiger partial charge in [-0.3, -0.25) is 0 Å². The quantitative estimate of drug-likeness (QED) is 0.739. The first-order valence-corrected chi connectivity index (χ1v) is 5.85. The summed E-state index contributed by atoms with van der Waals surface area (Å²) in [6, 6.07) is 18.9. The number of nitriles is 1. The van der Waals surface area contributed by atoms with Crippen molar-refractivity contribution in [2.75, 3.05) is 0 Å². The lowest BCUT2D eigenvalue weighted by Gasteiger charge is -2.08. The van der Waals surface area contributed by atoms with Gasteiger partial charge in [-0.2, -0.15) is 5.26 Å². The highest BCUT2D eigenvalue weighted by molar-refractivity contribution is 7.91. The molecule has 2 nitrogen and oxygen atoms in total. The molecule has 3 heteroatoms. The monoisotopic (exact) mass is 226 g/mol. The molecule has 1 atom stereocenters. The van der Waals surface area contributed by atoms with Crippen molar-refractivity contribution in [3.8, 4) is 6.07 Å². The Morgan fingerprint density at radius 3 is 2.44 bits per heavy atom. The van der Waals surface area contributed by atoms with Crippen LogP contribution in [0.25, 0.3) is 0 Å². The van der Waals surface area contributed by atoms with Gasteiger partial charge in [0.05, 0.1) is 11.6 Å². The van der Waals surface area contributed by atoms with Gasteiger partial charge in [-0.15, -0.1) is 0 Å². The minimum Gasteiger partial charge on any atom is -0.606 e. The molecule has 1 unspecified atom stereocenters. The van der Waals surface area contributed by atoms with E-state index in [4.69, 9.17) is 5.26 Å². The van der Waals surface area contributed by atoms with Gasteiger partial charge in [-0.1, -0.05) is 18.2 Å². The van der Waals surface area contributed by atoms with Crippen molar-refractivity contribution in [2.45, 2.75) is 9.79 Å². The molecule has 0 aliphatic heterocycles. The highest BCUT2D eigenvalue weighted by atomic mass is 32.2. The second kappa shape index (κ2) is 4.84. The molecule has 0 heterocycles. The molecule has 0 N–H and O–H groups in total. The van der Waals surface area contributed by atoms with Crippen LogP contribution < -0.4 is 0 Å². The van der Waals surface area contributed by atoms with Gasteiger partial charge in [0.25, 0.3) is 0 Å². The average Bonchev–Trinajstić information content (AvgIpc) is 2.39. The average molecular weight is 226 g/mol. The summed E-state index contributed by atoms with van der Waals surface area (Å²) in [5.41, 5.74) is 0.522. The van der Waals surface area contributed by atoms with Crippen molar-refractivity contribution >= 4 is 11.2 Å². The molecule has 0 aliphatic rings. The molecule has 1 radical (unpaired) electrons. The van der Waals surface area contributed by atoms with E-state index in [1.165, 1.54) is 0 Å². The Kier molecular flexibility index (Phi) is 3.25. The first kappa shape index (κ1) is 10.7. The van der Waals surface area contributed by atoms with E-state index >= 15 is 0 Å². The summed E-state index contributed by atoms with van der Waals surface area (Å²) in [7, 11) is 0. The van der Waals surface area contributed by atoms with E-state index in [2.05, 4.69) is 6.07 Å². The maximum Gasteiger partial charge on any atom is 0.166 e. The van der Waals surface area contributed by atoms with E-state index in [9.17, 15) is 4.55 Å². The summed E-state index contributed by atoms with van der Waals surface area (Å²) in [6.07, 6.45) is 0. The van der Waals surface area contributed by atoms with Crippen LogP contribution in [-0.4, -0.2) is 4.55 Å². The SMILES string of the molecule is N#Cc1c[c]c([S+]([O-])c2ccccc2)cc1. The van der Waals surface area contributed by atoms with E-state index in [1.807, 2.05) is 36.4 Å². The zero-order chi connectivity index (χ0) is 11.4. The van der Waals surface area contributed by atoms with Crippen molar-refractivity contribution in [2.24, 2.45) is 0 Å². The number of hydrogen-bond acceptors (Lipinski definition) is 2. The zero-order valence-corrected chi connectivity index (χ0v) is 9.20. The third-order valence-electron chi connectivity index (χ3n) is 2.07. The fourth-order valence-electron chi connectivity index (χ4n) is 1.27. The number of nitrogens with zero attached hydrogens (tertiary/aromatic N) is 1. The van der Waals surface area contributed by atoms with Gasteiger partial charge < -0.3 is 4.55 Å². The Hall–Kier alpha value is -1.76. The molecule has 77 valence electrons. The van der Waals surface area contributed by atoms with Crippen LogP contribution in [0.1, 0.15) is 5.56 Å². The Morgan fingerprint density at radius 1 is 1.12 bits per heavy atom. The molecule has 0 spiro atoms. The lowest BCUT2D eigenvalue weighted by Crippen LogP contribution is -2.01. The third kappa shape index (κ3) is 2.25. The standard InChI is InChI=1S/C13H8NOS/c14-10-11-6-8-13(9-7-11)16(15)12-4-2-1-3-5-12/h1-8H. The minimum atomic E-state index is -1.22. The molecule has 2 aromatic rings.